The Balaban J connectivity index is 2.48. The summed E-state index contributed by atoms with van der Waals surface area (Å²) in [5.74, 6) is 1.18. The summed E-state index contributed by atoms with van der Waals surface area (Å²) < 4.78 is 5.23. The summed E-state index contributed by atoms with van der Waals surface area (Å²) >= 11 is 0. The summed E-state index contributed by atoms with van der Waals surface area (Å²) in [5.41, 5.74) is 3.73. The maximum Gasteiger partial charge on any atom is 0.195 e. The Morgan fingerprint density at radius 2 is 2.06 bits per heavy atom. The Hall–Kier alpha value is -2.10. The van der Waals surface area contributed by atoms with Gasteiger partial charge in [-0.05, 0) is 37.6 Å². The molecule has 1 aromatic carbocycles. The highest BCUT2D eigenvalue weighted by Gasteiger charge is 2.12. The number of methoxy groups -OCH3 is 1. The highest BCUT2D eigenvalue weighted by molar-refractivity contribution is 5.91. The third-order valence-electron chi connectivity index (χ3n) is 2.89. The number of carbonyl (C=O) groups excluding carboxylic acids is 1. The molecule has 1 aromatic heterocycles. The Kier molecular flexibility index (Phi) is 3.19. The van der Waals surface area contributed by atoms with Gasteiger partial charge in [0.15, 0.2) is 11.6 Å². The van der Waals surface area contributed by atoms with Crippen LogP contribution in [0.5, 0.6) is 5.75 Å². The number of imidazole rings is 1. The molecule has 0 saturated heterocycles. The molecule has 0 amide bonds. The molecule has 0 aliphatic carbocycles. The molecule has 0 atom stereocenters. The molecule has 2 aromatic rings. The molecular formula is C14H16N2O2. The van der Waals surface area contributed by atoms with E-state index < -0.39 is 0 Å². The fourth-order valence-electron chi connectivity index (χ4n) is 1.93. The van der Waals surface area contributed by atoms with Gasteiger partial charge in [-0.2, -0.15) is 0 Å². The van der Waals surface area contributed by atoms with Crippen LogP contribution in [0.2, 0.25) is 0 Å². The Bertz CT molecular complexity index is 600. The fourth-order valence-corrected chi connectivity index (χ4v) is 1.93. The Morgan fingerprint density at radius 3 is 2.56 bits per heavy atom. The zero-order valence-corrected chi connectivity index (χ0v) is 11.0. The van der Waals surface area contributed by atoms with Crippen molar-refractivity contribution in [1.29, 1.82) is 0 Å². The molecule has 0 spiro atoms. The number of ketones is 1. The molecule has 94 valence electrons. The maximum atomic E-state index is 11.3. The SMILES string of the molecule is COc1ccc(-c2nc(C(C)=O)[nH]c2C)cc1C. The van der Waals surface area contributed by atoms with Crippen LogP contribution in [0.3, 0.4) is 0 Å². The van der Waals surface area contributed by atoms with Gasteiger partial charge >= 0.3 is 0 Å². The fraction of sp³-hybridized carbons (Fsp3) is 0.286. The van der Waals surface area contributed by atoms with Crippen LogP contribution in [-0.4, -0.2) is 22.9 Å². The lowest BCUT2D eigenvalue weighted by Gasteiger charge is -2.06. The number of aromatic nitrogens is 2. The van der Waals surface area contributed by atoms with Crippen LogP contribution >= 0.6 is 0 Å². The number of hydrogen-bond donors (Lipinski definition) is 1. The molecule has 4 nitrogen and oxygen atoms in total. The largest absolute Gasteiger partial charge is 0.496 e. The van der Waals surface area contributed by atoms with E-state index in [1.54, 1.807) is 7.11 Å². The molecule has 0 aliphatic rings. The van der Waals surface area contributed by atoms with Crippen LogP contribution in [0.1, 0.15) is 28.8 Å². The summed E-state index contributed by atoms with van der Waals surface area (Å²) in [7, 11) is 1.65. The number of ether oxygens (including phenoxy) is 1. The van der Waals surface area contributed by atoms with Crippen LogP contribution in [0.15, 0.2) is 18.2 Å². The van der Waals surface area contributed by atoms with Gasteiger partial charge in [0.2, 0.25) is 0 Å². The number of aryl methyl sites for hydroxylation is 2. The summed E-state index contributed by atoms with van der Waals surface area (Å²) in [6, 6.07) is 5.86. The predicted molar refractivity (Wildman–Crippen MR) is 70.1 cm³/mol. The van der Waals surface area contributed by atoms with E-state index in [4.69, 9.17) is 4.74 Å². The van der Waals surface area contributed by atoms with Gasteiger partial charge in [-0.3, -0.25) is 4.79 Å². The Morgan fingerprint density at radius 1 is 1.33 bits per heavy atom. The third-order valence-corrected chi connectivity index (χ3v) is 2.89. The zero-order valence-electron chi connectivity index (χ0n) is 11.0. The molecule has 1 N–H and O–H groups in total. The zero-order chi connectivity index (χ0) is 13.3. The van der Waals surface area contributed by atoms with Crippen molar-refractivity contribution in [2.24, 2.45) is 0 Å². The second kappa shape index (κ2) is 4.64. The minimum atomic E-state index is -0.0606. The molecule has 18 heavy (non-hydrogen) atoms. The molecule has 0 unspecified atom stereocenters. The van der Waals surface area contributed by atoms with Crippen LogP contribution in [0, 0.1) is 13.8 Å². The van der Waals surface area contributed by atoms with Gasteiger partial charge in [0.05, 0.1) is 12.8 Å². The van der Waals surface area contributed by atoms with Crippen molar-refractivity contribution >= 4 is 5.78 Å². The third kappa shape index (κ3) is 2.14. The number of nitrogens with zero attached hydrogens (tertiary/aromatic N) is 1. The maximum absolute atomic E-state index is 11.3. The molecule has 1 heterocycles. The molecule has 0 bridgehead atoms. The van der Waals surface area contributed by atoms with E-state index in [0.29, 0.717) is 5.82 Å². The summed E-state index contributed by atoms with van der Waals surface area (Å²) in [6.45, 7) is 5.39. The van der Waals surface area contributed by atoms with E-state index in [2.05, 4.69) is 9.97 Å². The van der Waals surface area contributed by atoms with E-state index in [1.807, 2.05) is 32.0 Å². The van der Waals surface area contributed by atoms with Gasteiger partial charge in [-0.15, -0.1) is 0 Å². The van der Waals surface area contributed by atoms with Crippen molar-refractivity contribution in [2.75, 3.05) is 7.11 Å². The van der Waals surface area contributed by atoms with Crippen molar-refractivity contribution in [3.05, 3.63) is 35.3 Å². The number of Topliss-reactive ketones (excluding diaryl/α,β-unsaturated/α-hetero) is 1. The van der Waals surface area contributed by atoms with Crippen LogP contribution in [0.4, 0.5) is 0 Å². The Labute approximate surface area is 106 Å². The predicted octanol–water partition coefficient (Wildman–Crippen LogP) is 2.90. The molecule has 0 radical (unpaired) electrons. The number of hydrogen-bond acceptors (Lipinski definition) is 3. The normalized spacial score (nSPS) is 10.4. The highest BCUT2D eigenvalue weighted by atomic mass is 16.5. The van der Waals surface area contributed by atoms with Crippen molar-refractivity contribution < 1.29 is 9.53 Å². The van der Waals surface area contributed by atoms with Crippen molar-refractivity contribution in [1.82, 2.24) is 9.97 Å². The molecular weight excluding hydrogens is 228 g/mol. The second-order valence-corrected chi connectivity index (χ2v) is 4.30. The first kappa shape index (κ1) is 12.4. The van der Waals surface area contributed by atoms with Crippen molar-refractivity contribution in [2.45, 2.75) is 20.8 Å². The standard InChI is InChI=1S/C14H16N2O2/c1-8-7-11(5-6-12(8)18-4)13-9(2)15-14(16-13)10(3)17/h5-7H,1-4H3,(H,15,16). The molecule has 0 saturated carbocycles. The molecule has 0 fully saturated rings. The minimum absolute atomic E-state index is 0.0606. The van der Waals surface area contributed by atoms with Crippen molar-refractivity contribution in [3.8, 4) is 17.0 Å². The molecule has 0 aliphatic heterocycles. The number of rotatable bonds is 3. The van der Waals surface area contributed by atoms with E-state index in [9.17, 15) is 4.79 Å². The lowest BCUT2D eigenvalue weighted by atomic mass is 10.1. The van der Waals surface area contributed by atoms with Crippen molar-refractivity contribution in [3.63, 3.8) is 0 Å². The van der Waals surface area contributed by atoms with E-state index in [1.165, 1.54) is 6.92 Å². The summed E-state index contributed by atoms with van der Waals surface area (Å²) in [6.07, 6.45) is 0. The smallest absolute Gasteiger partial charge is 0.195 e. The molecule has 2 rings (SSSR count). The first-order chi connectivity index (χ1) is 8.52. The van der Waals surface area contributed by atoms with E-state index in [-0.39, 0.29) is 5.78 Å². The number of carbonyl (C=O) groups is 1. The summed E-state index contributed by atoms with van der Waals surface area (Å²) in [4.78, 5) is 18.6. The number of benzene rings is 1. The van der Waals surface area contributed by atoms with E-state index >= 15 is 0 Å². The van der Waals surface area contributed by atoms with Gasteiger partial charge in [0.25, 0.3) is 0 Å². The van der Waals surface area contributed by atoms with Crippen LogP contribution in [-0.2, 0) is 0 Å². The van der Waals surface area contributed by atoms with E-state index in [0.717, 1.165) is 28.3 Å². The van der Waals surface area contributed by atoms with Crippen LogP contribution in [0.25, 0.3) is 11.3 Å². The molecule has 4 heteroatoms. The first-order valence-corrected chi connectivity index (χ1v) is 5.75. The van der Waals surface area contributed by atoms with Gasteiger partial charge in [-0.25, -0.2) is 4.98 Å². The average molecular weight is 244 g/mol. The van der Waals surface area contributed by atoms with Gasteiger partial charge in [0.1, 0.15) is 5.75 Å². The van der Waals surface area contributed by atoms with Gasteiger partial charge in [0, 0.05) is 18.2 Å². The lowest BCUT2D eigenvalue weighted by Crippen LogP contribution is -1.94. The number of H-pyrrole nitrogens is 1. The van der Waals surface area contributed by atoms with Crippen LogP contribution < -0.4 is 4.74 Å². The lowest BCUT2D eigenvalue weighted by molar-refractivity contribution is 0.100. The first-order valence-electron chi connectivity index (χ1n) is 5.75. The second-order valence-electron chi connectivity index (χ2n) is 4.30. The van der Waals surface area contributed by atoms with Gasteiger partial charge < -0.3 is 9.72 Å². The highest BCUT2D eigenvalue weighted by Crippen LogP contribution is 2.26. The van der Waals surface area contributed by atoms with Gasteiger partial charge in [-0.1, -0.05) is 0 Å². The number of aromatic amines is 1. The monoisotopic (exact) mass is 244 g/mol. The number of nitrogens with one attached hydrogen (secondary N) is 1. The topological polar surface area (TPSA) is 55.0 Å². The minimum Gasteiger partial charge on any atom is -0.496 e. The average Bonchev–Trinajstić information content (AvgIpc) is 2.71. The quantitative estimate of drug-likeness (QED) is 0.844. The summed E-state index contributed by atoms with van der Waals surface area (Å²) in [5, 5.41) is 0.